The van der Waals surface area contributed by atoms with Crippen LogP contribution < -0.4 is 9.47 Å². The van der Waals surface area contributed by atoms with E-state index in [9.17, 15) is 4.39 Å². The molecule has 2 atom stereocenters. The van der Waals surface area contributed by atoms with E-state index in [0.29, 0.717) is 13.2 Å². The number of hydrogen-bond acceptors (Lipinski definition) is 6. The molecule has 208 valence electrons. The van der Waals surface area contributed by atoms with Gasteiger partial charge in [-0.2, -0.15) is 0 Å². The Morgan fingerprint density at radius 1 is 1.07 bits per heavy atom. The third-order valence-corrected chi connectivity index (χ3v) is 8.57. The van der Waals surface area contributed by atoms with E-state index < -0.39 is 5.72 Å². The monoisotopic (exact) mass is 550 g/mol. The first-order chi connectivity index (χ1) is 19.9. The molecule has 4 heterocycles. The van der Waals surface area contributed by atoms with Gasteiger partial charge >= 0.3 is 0 Å². The van der Waals surface area contributed by atoms with Gasteiger partial charge in [0.1, 0.15) is 17.3 Å². The fourth-order valence-electron chi connectivity index (χ4n) is 6.40. The number of aromatic nitrogens is 2. The van der Waals surface area contributed by atoms with E-state index in [-0.39, 0.29) is 11.2 Å². The zero-order chi connectivity index (χ0) is 28.2. The molecule has 1 fully saturated rings. The van der Waals surface area contributed by atoms with Crippen molar-refractivity contribution in [2.24, 2.45) is 5.16 Å². The van der Waals surface area contributed by atoms with Gasteiger partial charge in [0.25, 0.3) is 0 Å². The second-order valence-corrected chi connectivity index (χ2v) is 11.2. The maximum absolute atomic E-state index is 13.9. The van der Waals surface area contributed by atoms with Crippen molar-refractivity contribution in [3.05, 3.63) is 113 Å². The van der Waals surface area contributed by atoms with Gasteiger partial charge < -0.3 is 23.8 Å². The number of piperidine rings is 1. The van der Waals surface area contributed by atoms with E-state index >= 15 is 0 Å². The Bertz CT molecular complexity index is 1690. The van der Waals surface area contributed by atoms with Crippen LogP contribution in [0.25, 0.3) is 11.8 Å². The van der Waals surface area contributed by atoms with Crippen molar-refractivity contribution in [3.8, 4) is 17.2 Å². The highest BCUT2D eigenvalue weighted by Crippen LogP contribution is 2.51. The summed E-state index contributed by atoms with van der Waals surface area (Å²) in [6.45, 7) is 5.29. The average Bonchev–Trinajstić information content (AvgIpc) is 3.57. The van der Waals surface area contributed by atoms with Crippen LogP contribution in [0.4, 0.5) is 4.39 Å². The Morgan fingerprint density at radius 2 is 1.90 bits per heavy atom. The van der Waals surface area contributed by atoms with E-state index in [1.165, 1.54) is 17.7 Å². The summed E-state index contributed by atoms with van der Waals surface area (Å²) in [5.41, 5.74) is 4.84. The minimum absolute atomic E-state index is 0.215. The molecule has 7 rings (SSSR count). The van der Waals surface area contributed by atoms with Gasteiger partial charge in [-0.1, -0.05) is 41.6 Å². The Hall–Kier alpha value is -4.59. The lowest BCUT2D eigenvalue weighted by atomic mass is 9.68. The average molecular weight is 551 g/mol. The summed E-state index contributed by atoms with van der Waals surface area (Å²) in [6.07, 6.45) is 7.57. The van der Waals surface area contributed by atoms with Crippen LogP contribution in [0, 0.1) is 12.7 Å². The molecule has 1 spiro atoms. The Labute approximate surface area is 238 Å². The number of rotatable bonds is 4. The van der Waals surface area contributed by atoms with Gasteiger partial charge in [0.2, 0.25) is 5.72 Å². The number of hydrogen-bond donors (Lipinski definition) is 0. The molecule has 2 unspecified atom stereocenters. The van der Waals surface area contributed by atoms with Crippen LogP contribution >= 0.6 is 0 Å². The van der Waals surface area contributed by atoms with Gasteiger partial charge in [0, 0.05) is 36.2 Å². The maximum atomic E-state index is 13.9. The first-order valence-corrected chi connectivity index (χ1v) is 13.8. The topological polar surface area (TPSA) is 61.1 Å². The summed E-state index contributed by atoms with van der Waals surface area (Å²) in [7, 11) is 1.68. The van der Waals surface area contributed by atoms with Crippen molar-refractivity contribution < 1.29 is 18.7 Å². The summed E-state index contributed by atoms with van der Waals surface area (Å²) in [5.74, 6) is 2.17. The Balaban J connectivity index is 1.34. The second-order valence-electron chi connectivity index (χ2n) is 11.2. The van der Waals surface area contributed by atoms with E-state index in [4.69, 9.17) is 14.3 Å². The molecule has 4 aromatic rings. The van der Waals surface area contributed by atoms with Crippen molar-refractivity contribution in [2.75, 3.05) is 20.3 Å². The predicted octanol–water partition coefficient (Wildman–Crippen LogP) is 6.35. The number of halogens is 1. The molecule has 0 radical (unpaired) electrons. The van der Waals surface area contributed by atoms with Gasteiger partial charge in [-0.05, 0) is 67.3 Å². The van der Waals surface area contributed by atoms with Gasteiger partial charge in [-0.25, -0.2) is 9.37 Å². The van der Waals surface area contributed by atoms with Gasteiger partial charge in [0.15, 0.2) is 5.84 Å². The highest BCUT2D eigenvalue weighted by Gasteiger charge is 2.54. The summed E-state index contributed by atoms with van der Waals surface area (Å²) in [5, 5.41) is 4.64. The number of methoxy groups -OCH3 is 1. The quantitative estimate of drug-likeness (QED) is 0.296. The van der Waals surface area contributed by atoms with Crippen LogP contribution in [0.3, 0.4) is 0 Å². The zero-order valence-corrected chi connectivity index (χ0v) is 23.3. The Kier molecular flexibility index (Phi) is 5.89. The molecule has 41 heavy (non-hydrogen) atoms. The number of benzene rings is 3. The molecule has 3 aliphatic heterocycles. The highest BCUT2D eigenvalue weighted by molar-refractivity contribution is 6.04. The lowest BCUT2D eigenvalue weighted by Gasteiger charge is -2.49. The van der Waals surface area contributed by atoms with Crippen molar-refractivity contribution in [2.45, 2.75) is 37.8 Å². The van der Waals surface area contributed by atoms with E-state index in [1.807, 2.05) is 48.9 Å². The van der Waals surface area contributed by atoms with E-state index in [2.05, 4.69) is 39.3 Å². The molecule has 0 bridgehead atoms. The number of amidine groups is 1. The fourth-order valence-corrected chi connectivity index (χ4v) is 6.40. The number of oxime groups is 1. The van der Waals surface area contributed by atoms with Crippen LogP contribution in [-0.4, -0.2) is 40.5 Å². The third-order valence-electron chi connectivity index (χ3n) is 8.57. The number of fused-ring (bicyclic) bond motifs is 3. The van der Waals surface area contributed by atoms with Crippen LogP contribution in [0.2, 0.25) is 0 Å². The number of imidazole rings is 1. The molecule has 1 saturated heterocycles. The normalized spacial score (nSPS) is 24.0. The Morgan fingerprint density at radius 3 is 2.68 bits per heavy atom. The number of aryl methyl sites for hydroxylation is 1. The molecular formula is C33H31FN4O3. The van der Waals surface area contributed by atoms with Gasteiger partial charge in [0.05, 0.1) is 31.4 Å². The first-order valence-electron chi connectivity index (χ1n) is 13.8. The van der Waals surface area contributed by atoms with Crippen molar-refractivity contribution >= 4 is 11.9 Å². The molecule has 0 N–H and O–H groups in total. The molecule has 1 aromatic heterocycles. The van der Waals surface area contributed by atoms with E-state index in [0.717, 1.165) is 58.3 Å². The summed E-state index contributed by atoms with van der Waals surface area (Å²) in [4.78, 5) is 12.8. The number of para-hydroxylation sites is 1. The second kappa shape index (κ2) is 9.51. The molecule has 0 saturated carbocycles. The maximum Gasteiger partial charge on any atom is 0.234 e. The predicted molar refractivity (Wildman–Crippen MR) is 155 cm³/mol. The lowest BCUT2D eigenvalue weighted by Crippen LogP contribution is -2.56. The van der Waals surface area contributed by atoms with E-state index in [1.54, 1.807) is 25.6 Å². The van der Waals surface area contributed by atoms with Crippen molar-refractivity contribution in [1.82, 2.24) is 14.5 Å². The first kappa shape index (κ1) is 25.4. The highest BCUT2D eigenvalue weighted by atomic mass is 19.1. The van der Waals surface area contributed by atoms with Crippen LogP contribution in [0.1, 0.15) is 42.1 Å². The van der Waals surface area contributed by atoms with Crippen LogP contribution in [0.5, 0.6) is 11.5 Å². The van der Waals surface area contributed by atoms with Crippen LogP contribution in [0.15, 0.2) is 90.0 Å². The molecule has 3 aliphatic rings. The van der Waals surface area contributed by atoms with Gasteiger partial charge in [-0.3, -0.25) is 0 Å². The zero-order valence-electron chi connectivity index (χ0n) is 23.3. The molecule has 0 aliphatic carbocycles. The third kappa shape index (κ3) is 4.17. The molecule has 8 heteroatoms. The van der Waals surface area contributed by atoms with Crippen molar-refractivity contribution in [3.63, 3.8) is 0 Å². The van der Waals surface area contributed by atoms with Gasteiger partial charge in [-0.15, -0.1) is 0 Å². The minimum Gasteiger partial charge on any atom is -0.495 e. The summed E-state index contributed by atoms with van der Waals surface area (Å²) >= 11 is 0. The lowest BCUT2D eigenvalue weighted by molar-refractivity contribution is -0.0990. The van der Waals surface area contributed by atoms with Crippen molar-refractivity contribution in [1.29, 1.82) is 0 Å². The number of ether oxygens (including phenoxy) is 2. The smallest absolute Gasteiger partial charge is 0.234 e. The SMILES string of the molecule is COc1cc(/C=C2\CC3(CCOc4ccccc43)CN3C2=NOC3(C)c2ccc(F)cc2)ccc1-n1cnc(C)c1. The molecule has 7 nitrogen and oxygen atoms in total. The largest absolute Gasteiger partial charge is 0.495 e. The molecule has 0 amide bonds. The fraction of sp³-hybridized carbons (Fsp3) is 0.273. The summed E-state index contributed by atoms with van der Waals surface area (Å²) < 4.78 is 27.7. The standard InChI is InChI=1S/C33H31FN4O3/c1-22-19-37(21-35-22)28-13-8-23(17-30(28)39-3)16-24-18-33(14-15-40-29-7-5-4-6-27(29)33)20-38-31(24)36-41-32(38,2)25-9-11-26(34)12-10-25/h4-13,16-17,19,21H,14-15,18,20H2,1-3H3/b24-16+. The molecular weight excluding hydrogens is 519 g/mol. The minimum atomic E-state index is -0.885. The molecule has 3 aromatic carbocycles. The van der Waals surface area contributed by atoms with Crippen LogP contribution in [-0.2, 0) is 16.0 Å². The number of nitrogens with zero attached hydrogens (tertiary/aromatic N) is 4. The summed E-state index contributed by atoms with van der Waals surface area (Å²) in [6, 6.07) is 21.0.